The van der Waals surface area contributed by atoms with E-state index in [9.17, 15) is 9.59 Å². The highest BCUT2D eigenvalue weighted by Crippen LogP contribution is 2.27. The molecule has 1 aliphatic rings. The van der Waals surface area contributed by atoms with Crippen LogP contribution >= 0.6 is 12.4 Å². The number of benzene rings is 1. The molecule has 3 rings (SSSR count). The molecule has 1 saturated heterocycles. The van der Waals surface area contributed by atoms with Gasteiger partial charge in [-0.1, -0.05) is 12.1 Å². The second kappa shape index (κ2) is 10.8. The first-order chi connectivity index (χ1) is 13.6. The topological polar surface area (TPSA) is 97.3 Å². The van der Waals surface area contributed by atoms with Crippen LogP contribution < -0.4 is 20.7 Å². The van der Waals surface area contributed by atoms with Crippen LogP contribution in [0.2, 0.25) is 0 Å². The molecule has 2 heterocycles. The maximum Gasteiger partial charge on any atom is 0.257 e. The molecule has 1 aromatic carbocycles. The van der Waals surface area contributed by atoms with Gasteiger partial charge in [-0.15, -0.1) is 12.4 Å². The van der Waals surface area contributed by atoms with Crippen molar-refractivity contribution in [1.29, 1.82) is 0 Å². The van der Waals surface area contributed by atoms with Gasteiger partial charge in [-0.2, -0.15) is 5.10 Å². The number of carbonyl (C=O) groups excluding carboxylic acids is 2. The van der Waals surface area contributed by atoms with Gasteiger partial charge in [-0.25, -0.2) is 0 Å². The summed E-state index contributed by atoms with van der Waals surface area (Å²) >= 11 is 0. The largest absolute Gasteiger partial charge is 0.484 e. The summed E-state index contributed by atoms with van der Waals surface area (Å²) in [5.41, 5.74) is 0.243. The van der Waals surface area contributed by atoms with Crippen LogP contribution in [-0.2, 0) is 21.7 Å². The molecule has 0 atom stereocenters. The van der Waals surface area contributed by atoms with E-state index in [1.165, 1.54) is 0 Å². The Bertz CT molecular complexity index is 791. The average molecular weight is 422 g/mol. The zero-order valence-electron chi connectivity index (χ0n) is 16.5. The van der Waals surface area contributed by atoms with Gasteiger partial charge in [-0.05, 0) is 56.6 Å². The van der Waals surface area contributed by atoms with Crippen molar-refractivity contribution in [2.45, 2.75) is 31.8 Å². The Labute approximate surface area is 176 Å². The number of amides is 2. The fourth-order valence-electron chi connectivity index (χ4n) is 3.41. The average Bonchev–Trinajstić information content (AvgIpc) is 3.27. The summed E-state index contributed by atoms with van der Waals surface area (Å²) in [5, 5.41) is 13.4. The van der Waals surface area contributed by atoms with Crippen LogP contribution in [0, 0.1) is 0 Å². The van der Waals surface area contributed by atoms with E-state index < -0.39 is 5.54 Å². The minimum absolute atomic E-state index is 0. The van der Waals surface area contributed by atoms with E-state index in [0.717, 1.165) is 18.7 Å². The molecular formula is C20H28ClN5O3. The van der Waals surface area contributed by atoms with Crippen molar-refractivity contribution in [2.24, 2.45) is 0 Å². The zero-order valence-corrected chi connectivity index (χ0v) is 17.3. The van der Waals surface area contributed by atoms with Crippen molar-refractivity contribution in [2.75, 3.05) is 26.2 Å². The molecule has 0 aliphatic carbocycles. The first-order valence-electron chi connectivity index (χ1n) is 9.61. The Morgan fingerprint density at radius 2 is 2.03 bits per heavy atom. The normalized spacial score (nSPS) is 15.1. The third-order valence-electron chi connectivity index (χ3n) is 4.89. The molecule has 1 aliphatic heterocycles. The van der Waals surface area contributed by atoms with E-state index in [0.29, 0.717) is 31.7 Å². The molecule has 0 radical (unpaired) electrons. The highest BCUT2D eigenvalue weighted by atomic mass is 35.5. The van der Waals surface area contributed by atoms with Gasteiger partial charge >= 0.3 is 0 Å². The molecule has 9 heteroatoms. The van der Waals surface area contributed by atoms with E-state index in [4.69, 9.17) is 4.74 Å². The van der Waals surface area contributed by atoms with Gasteiger partial charge in [0.25, 0.3) is 5.91 Å². The number of rotatable bonds is 8. The summed E-state index contributed by atoms with van der Waals surface area (Å²) in [5.74, 6) is 0.404. The van der Waals surface area contributed by atoms with Gasteiger partial charge in [0.05, 0.1) is 0 Å². The monoisotopic (exact) mass is 421 g/mol. The lowest BCUT2D eigenvalue weighted by Crippen LogP contribution is -2.54. The maximum absolute atomic E-state index is 13.1. The molecular weight excluding hydrogens is 394 g/mol. The first kappa shape index (κ1) is 22.7. The van der Waals surface area contributed by atoms with Gasteiger partial charge in [0, 0.05) is 25.5 Å². The highest BCUT2D eigenvalue weighted by Gasteiger charge is 2.41. The quantitative estimate of drug-likeness (QED) is 0.595. The fourth-order valence-corrected chi connectivity index (χ4v) is 3.41. The molecule has 1 aromatic heterocycles. The van der Waals surface area contributed by atoms with Crippen LogP contribution in [0.3, 0.4) is 0 Å². The molecule has 0 saturated carbocycles. The summed E-state index contributed by atoms with van der Waals surface area (Å²) in [6.45, 7) is 4.33. The highest BCUT2D eigenvalue weighted by molar-refractivity contribution is 5.85. The molecule has 1 fully saturated rings. The van der Waals surface area contributed by atoms with Gasteiger partial charge in [0.1, 0.15) is 11.3 Å². The molecule has 158 valence electrons. The molecule has 2 amide bonds. The Hall–Kier alpha value is -2.58. The van der Waals surface area contributed by atoms with E-state index in [-0.39, 0.29) is 30.8 Å². The van der Waals surface area contributed by atoms with Crippen LogP contribution in [-0.4, -0.2) is 47.8 Å². The van der Waals surface area contributed by atoms with Gasteiger partial charge in [-0.3, -0.25) is 14.3 Å². The lowest BCUT2D eigenvalue weighted by Gasteiger charge is -2.36. The number of hydrogen-bond donors (Lipinski definition) is 3. The molecule has 0 unspecified atom stereocenters. The first-order valence-corrected chi connectivity index (χ1v) is 9.61. The van der Waals surface area contributed by atoms with E-state index in [1.807, 2.05) is 37.4 Å². The number of ether oxygens (including phenoxy) is 1. The SMILES string of the molecule is CCNC(=O)COc1cccc(CNC(=O)C2(n3cccn3)CCNCC2)c1.Cl. The molecule has 2 aromatic rings. The van der Waals surface area contributed by atoms with E-state index in [2.05, 4.69) is 21.0 Å². The number of carbonyl (C=O) groups is 2. The number of piperidine rings is 1. The van der Waals surface area contributed by atoms with Gasteiger partial charge in [0.2, 0.25) is 5.91 Å². The summed E-state index contributed by atoms with van der Waals surface area (Å²) in [7, 11) is 0. The number of nitrogens with one attached hydrogen (secondary N) is 3. The maximum atomic E-state index is 13.1. The Morgan fingerprint density at radius 3 is 2.72 bits per heavy atom. The summed E-state index contributed by atoms with van der Waals surface area (Å²) in [6.07, 6.45) is 4.93. The molecule has 0 bridgehead atoms. The predicted molar refractivity (Wildman–Crippen MR) is 112 cm³/mol. The third-order valence-corrected chi connectivity index (χ3v) is 4.89. The lowest BCUT2D eigenvalue weighted by molar-refractivity contribution is -0.132. The van der Waals surface area contributed by atoms with Crippen molar-refractivity contribution in [3.63, 3.8) is 0 Å². The third kappa shape index (κ3) is 5.71. The lowest BCUT2D eigenvalue weighted by atomic mass is 9.87. The van der Waals surface area contributed by atoms with Crippen molar-refractivity contribution in [3.05, 3.63) is 48.3 Å². The minimum atomic E-state index is -0.666. The smallest absolute Gasteiger partial charge is 0.257 e. The molecule has 3 N–H and O–H groups in total. The number of hydrogen-bond acceptors (Lipinski definition) is 5. The summed E-state index contributed by atoms with van der Waals surface area (Å²) in [4.78, 5) is 24.6. The Balaban J connectivity index is 0.00000300. The Kier molecular flexibility index (Phi) is 8.48. The minimum Gasteiger partial charge on any atom is -0.484 e. The van der Waals surface area contributed by atoms with E-state index >= 15 is 0 Å². The van der Waals surface area contributed by atoms with Crippen LogP contribution in [0.15, 0.2) is 42.7 Å². The van der Waals surface area contributed by atoms with Crippen LogP contribution in [0.1, 0.15) is 25.3 Å². The molecule has 8 nitrogen and oxygen atoms in total. The van der Waals surface area contributed by atoms with Crippen molar-refractivity contribution in [3.8, 4) is 5.75 Å². The number of halogens is 1. The molecule has 29 heavy (non-hydrogen) atoms. The predicted octanol–water partition coefficient (Wildman–Crippen LogP) is 1.21. The van der Waals surface area contributed by atoms with E-state index in [1.54, 1.807) is 16.9 Å². The summed E-state index contributed by atoms with van der Waals surface area (Å²) < 4.78 is 7.29. The standard InChI is InChI=1S/C20H27N5O3.ClH/c1-2-22-18(26)15-28-17-6-3-5-16(13-17)14-23-19(27)20(7-10-21-11-8-20)25-12-4-9-24-25;/h3-6,9,12-13,21H,2,7-8,10-11,14-15H2,1H3,(H,22,26)(H,23,27);1H. The Morgan fingerprint density at radius 1 is 1.24 bits per heavy atom. The van der Waals surface area contributed by atoms with Crippen LogP contribution in [0.25, 0.3) is 0 Å². The van der Waals surface area contributed by atoms with Gasteiger partial charge in [0.15, 0.2) is 6.61 Å². The number of nitrogens with zero attached hydrogens (tertiary/aromatic N) is 2. The zero-order chi connectivity index (χ0) is 19.8. The van der Waals surface area contributed by atoms with Crippen molar-refractivity contribution in [1.82, 2.24) is 25.7 Å². The van der Waals surface area contributed by atoms with Crippen molar-refractivity contribution < 1.29 is 14.3 Å². The molecule has 0 spiro atoms. The second-order valence-corrected chi connectivity index (χ2v) is 6.80. The summed E-state index contributed by atoms with van der Waals surface area (Å²) in [6, 6.07) is 9.24. The van der Waals surface area contributed by atoms with Crippen LogP contribution in [0.5, 0.6) is 5.75 Å². The van der Waals surface area contributed by atoms with Crippen molar-refractivity contribution >= 4 is 24.2 Å². The number of aromatic nitrogens is 2. The number of likely N-dealkylation sites (N-methyl/N-ethyl adjacent to an activating group) is 1. The second-order valence-electron chi connectivity index (χ2n) is 6.80. The fraction of sp³-hybridized carbons (Fsp3) is 0.450. The van der Waals surface area contributed by atoms with Gasteiger partial charge < -0.3 is 20.7 Å². The van der Waals surface area contributed by atoms with Crippen LogP contribution in [0.4, 0.5) is 0 Å².